The average molecular weight is 159 g/mol. The van der Waals surface area contributed by atoms with E-state index in [1.54, 1.807) is 20.8 Å². The molecule has 0 aliphatic rings. The zero-order chi connectivity index (χ0) is 8.91. The molecule has 0 aromatic carbocycles. The van der Waals surface area contributed by atoms with Crippen molar-refractivity contribution in [1.82, 2.24) is 0 Å². The van der Waals surface area contributed by atoms with Crippen molar-refractivity contribution in [2.24, 2.45) is 5.16 Å². The van der Waals surface area contributed by atoms with Gasteiger partial charge in [0.15, 0.2) is 6.21 Å². The number of oxime groups is 1. The largest absolute Gasteiger partial charge is 0.456 e. The van der Waals surface area contributed by atoms with Crippen LogP contribution in [0.2, 0.25) is 0 Å². The van der Waals surface area contributed by atoms with Gasteiger partial charge in [0.2, 0.25) is 0 Å². The monoisotopic (exact) mass is 159 g/mol. The Morgan fingerprint density at radius 2 is 2.00 bits per heavy atom. The molecule has 0 amide bonds. The van der Waals surface area contributed by atoms with Gasteiger partial charge in [-0.05, 0) is 20.8 Å². The van der Waals surface area contributed by atoms with E-state index in [0.29, 0.717) is 0 Å². The molecule has 11 heavy (non-hydrogen) atoms. The van der Waals surface area contributed by atoms with Crippen molar-refractivity contribution >= 4 is 12.2 Å². The molecule has 0 atom stereocenters. The average Bonchev–Trinajstić information content (AvgIpc) is 1.79. The van der Waals surface area contributed by atoms with Crippen molar-refractivity contribution in [3.63, 3.8) is 0 Å². The molecular weight excluding hydrogens is 146 g/mol. The van der Waals surface area contributed by atoms with Crippen LogP contribution in [0.1, 0.15) is 20.8 Å². The van der Waals surface area contributed by atoms with E-state index in [1.165, 1.54) is 7.11 Å². The van der Waals surface area contributed by atoms with Crippen LogP contribution >= 0.6 is 0 Å². The smallest absolute Gasteiger partial charge is 0.353 e. The molecule has 0 radical (unpaired) electrons. The van der Waals surface area contributed by atoms with Gasteiger partial charge in [-0.2, -0.15) is 0 Å². The molecule has 0 heterocycles. The molecule has 0 N–H and O–H groups in total. The third-order valence-electron chi connectivity index (χ3n) is 0.670. The molecule has 0 unspecified atom stereocenters. The van der Waals surface area contributed by atoms with E-state index in [2.05, 4.69) is 9.99 Å². The molecule has 4 heteroatoms. The number of esters is 1. The van der Waals surface area contributed by atoms with Gasteiger partial charge in [-0.3, -0.25) is 0 Å². The van der Waals surface area contributed by atoms with Crippen molar-refractivity contribution in [2.45, 2.75) is 26.4 Å². The number of rotatable bonds is 2. The molecule has 0 aliphatic heterocycles. The van der Waals surface area contributed by atoms with Gasteiger partial charge in [-0.15, -0.1) is 0 Å². The van der Waals surface area contributed by atoms with Gasteiger partial charge in [-0.25, -0.2) is 4.79 Å². The fraction of sp³-hybridized carbons (Fsp3) is 0.714. The molecule has 0 bridgehead atoms. The Morgan fingerprint density at radius 1 is 1.45 bits per heavy atom. The van der Waals surface area contributed by atoms with Crippen LogP contribution in [-0.4, -0.2) is 24.9 Å². The molecular formula is C7H13NO3. The summed E-state index contributed by atoms with van der Waals surface area (Å²) in [6.45, 7) is 5.35. The highest BCUT2D eigenvalue weighted by atomic mass is 16.6. The highest BCUT2D eigenvalue weighted by Crippen LogP contribution is 2.05. The van der Waals surface area contributed by atoms with Gasteiger partial charge in [0.1, 0.15) is 12.7 Å². The minimum Gasteiger partial charge on any atom is -0.456 e. The fourth-order valence-corrected chi connectivity index (χ4v) is 0.424. The Bertz CT molecular complexity index is 158. The van der Waals surface area contributed by atoms with Crippen LogP contribution in [0, 0.1) is 0 Å². The Kier molecular flexibility index (Phi) is 3.57. The van der Waals surface area contributed by atoms with E-state index in [0.717, 1.165) is 6.21 Å². The van der Waals surface area contributed by atoms with Crippen molar-refractivity contribution < 1.29 is 14.4 Å². The Morgan fingerprint density at radius 3 is 2.36 bits per heavy atom. The molecule has 0 fully saturated rings. The summed E-state index contributed by atoms with van der Waals surface area (Å²) in [4.78, 5) is 15.1. The maximum Gasteiger partial charge on any atom is 0.353 e. The van der Waals surface area contributed by atoms with Gasteiger partial charge >= 0.3 is 5.97 Å². The Hall–Kier alpha value is -1.06. The number of hydrogen-bond acceptors (Lipinski definition) is 4. The Labute approximate surface area is 66.2 Å². The van der Waals surface area contributed by atoms with E-state index in [1.807, 2.05) is 0 Å². The lowest BCUT2D eigenvalue weighted by molar-refractivity contribution is -0.145. The highest BCUT2D eigenvalue weighted by molar-refractivity contribution is 6.23. The Balaban J connectivity index is 3.80. The summed E-state index contributed by atoms with van der Waals surface area (Å²) in [6, 6.07) is 0. The highest BCUT2D eigenvalue weighted by Gasteiger charge is 2.14. The molecule has 0 aromatic heterocycles. The van der Waals surface area contributed by atoms with Crippen LogP contribution in [0.4, 0.5) is 0 Å². The summed E-state index contributed by atoms with van der Waals surface area (Å²) >= 11 is 0. The summed E-state index contributed by atoms with van der Waals surface area (Å²) in [6.07, 6.45) is 0.991. The van der Waals surface area contributed by atoms with Crippen LogP contribution in [0.3, 0.4) is 0 Å². The summed E-state index contributed by atoms with van der Waals surface area (Å²) < 4.78 is 4.87. The number of carbonyl (C=O) groups is 1. The first kappa shape index (κ1) is 9.94. The number of hydrogen-bond donors (Lipinski definition) is 0. The predicted molar refractivity (Wildman–Crippen MR) is 41.3 cm³/mol. The molecule has 0 saturated heterocycles. The van der Waals surface area contributed by atoms with E-state index in [4.69, 9.17) is 4.74 Å². The third kappa shape index (κ3) is 6.83. The number of ether oxygens (including phenoxy) is 1. The minimum absolute atomic E-state index is 0.475. The quantitative estimate of drug-likeness (QED) is 0.342. The first-order valence-corrected chi connectivity index (χ1v) is 3.25. The zero-order valence-corrected chi connectivity index (χ0v) is 7.25. The number of nitrogens with zero attached hydrogens (tertiary/aromatic N) is 1. The molecule has 0 spiro atoms. The lowest BCUT2D eigenvalue weighted by Gasteiger charge is -2.17. The minimum atomic E-state index is -0.501. The molecule has 4 nitrogen and oxygen atoms in total. The summed E-state index contributed by atoms with van der Waals surface area (Å²) in [5.41, 5.74) is -0.475. The topological polar surface area (TPSA) is 47.9 Å². The van der Waals surface area contributed by atoms with Gasteiger partial charge in [0.25, 0.3) is 0 Å². The normalized spacial score (nSPS) is 11.6. The van der Waals surface area contributed by atoms with Crippen LogP contribution in [0.15, 0.2) is 5.16 Å². The lowest BCUT2D eigenvalue weighted by atomic mass is 10.2. The fourth-order valence-electron chi connectivity index (χ4n) is 0.424. The van der Waals surface area contributed by atoms with Crippen LogP contribution in [0.25, 0.3) is 0 Å². The van der Waals surface area contributed by atoms with E-state index >= 15 is 0 Å². The van der Waals surface area contributed by atoms with Crippen molar-refractivity contribution in [3.05, 3.63) is 0 Å². The third-order valence-corrected chi connectivity index (χ3v) is 0.670. The first-order chi connectivity index (χ1) is 4.95. The van der Waals surface area contributed by atoms with Gasteiger partial charge in [-0.1, -0.05) is 5.16 Å². The lowest BCUT2D eigenvalue weighted by Crippen LogP contribution is -2.24. The number of carbonyl (C=O) groups excluding carboxylic acids is 1. The molecule has 64 valence electrons. The maximum absolute atomic E-state index is 10.8. The van der Waals surface area contributed by atoms with Gasteiger partial charge < -0.3 is 9.57 Å². The molecule has 0 rings (SSSR count). The van der Waals surface area contributed by atoms with Gasteiger partial charge in [0, 0.05) is 0 Å². The van der Waals surface area contributed by atoms with Crippen molar-refractivity contribution in [3.8, 4) is 0 Å². The first-order valence-electron chi connectivity index (χ1n) is 3.25. The van der Waals surface area contributed by atoms with Crippen LogP contribution < -0.4 is 0 Å². The van der Waals surface area contributed by atoms with E-state index < -0.39 is 11.6 Å². The molecule has 0 aromatic rings. The van der Waals surface area contributed by atoms with Crippen molar-refractivity contribution in [2.75, 3.05) is 7.11 Å². The standard InChI is InChI=1S/C7H13NO3/c1-7(2,3)11-6(9)5-8-10-4/h5H,1-4H3. The zero-order valence-electron chi connectivity index (χ0n) is 7.25. The second kappa shape index (κ2) is 3.95. The summed E-state index contributed by atoms with van der Waals surface area (Å²) in [7, 11) is 1.36. The van der Waals surface area contributed by atoms with Crippen molar-refractivity contribution in [1.29, 1.82) is 0 Å². The molecule has 0 aliphatic carbocycles. The maximum atomic E-state index is 10.8. The second-order valence-electron chi connectivity index (χ2n) is 2.95. The van der Waals surface area contributed by atoms with Gasteiger partial charge in [0.05, 0.1) is 0 Å². The predicted octanol–water partition coefficient (Wildman–Crippen LogP) is 0.960. The SMILES string of the molecule is CON=CC(=O)OC(C)(C)C. The molecule has 0 saturated carbocycles. The van der Waals surface area contributed by atoms with E-state index in [9.17, 15) is 4.79 Å². The summed E-state index contributed by atoms with van der Waals surface area (Å²) in [5.74, 6) is -0.501. The summed E-state index contributed by atoms with van der Waals surface area (Å²) in [5, 5.41) is 3.26. The van der Waals surface area contributed by atoms with E-state index in [-0.39, 0.29) is 0 Å². The second-order valence-corrected chi connectivity index (χ2v) is 2.95. The van der Waals surface area contributed by atoms with Crippen LogP contribution in [-0.2, 0) is 14.4 Å². The van der Waals surface area contributed by atoms with Crippen LogP contribution in [0.5, 0.6) is 0 Å².